The van der Waals surface area contributed by atoms with Gasteiger partial charge in [0.1, 0.15) is 17.4 Å². The lowest BCUT2D eigenvalue weighted by atomic mass is 9.83. The van der Waals surface area contributed by atoms with E-state index in [1.54, 1.807) is 18.2 Å². The highest BCUT2D eigenvalue weighted by Gasteiger charge is 2.36. The number of aryl methyl sites for hydroxylation is 1. The van der Waals surface area contributed by atoms with Gasteiger partial charge in [-0.3, -0.25) is 9.89 Å². The summed E-state index contributed by atoms with van der Waals surface area (Å²) in [5.74, 6) is -0.233. The van der Waals surface area contributed by atoms with Crippen LogP contribution in [0.25, 0.3) is 0 Å². The van der Waals surface area contributed by atoms with Crippen LogP contribution >= 0.6 is 11.6 Å². The van der Waals surface area contributed by atoms with Crippen LogP contribution in [0.15, 0.2) is 60.0 Å². The molecule has 3 aromatic rings. The second kappa shape index (κ2) is 9.04. The third-order valence-corrected chi connectivity index (χ3v) is 5.34. The van der Waals surface area contributed by atoms with Crippen molar-refractivity contribution in [3.63, 3.8) is 0 Å². The second-order valence-corrected chi connectivity index (χ2v) is 7.66. The minimum atomic E-state index is -0.608. The van der Waals surface area contributed by atoms with E-state index in [0.717, 1.165) is 11.3 Å². The van der Waals surface area contributed by atoms with E-state index >= 15 is 0 Å². The van der Waals surface area contributed by atoms with Crippen LogP contribution in [0.4, 0.5) is 0 Å². The van der Waals surface area contributed by atoms with Crippen LogP contribution in [-0.2, 0) is 11.3 Å². The Kier molecular flexibility index (Phi) is 6.01. The number of rotatable bonds is 6. The summed E-state index contributed by atoms with van der Waals surface area (Å²) in [5.41, 5.74) is 9.15. The van der Waals surface area contributed by atoms with E-state index in [1.807, 2.05) is 37.3 Å². The number of aromatic amines is 1. The fourth-order valence-electron chi connectivity index (χ4n) is 3.58. The molecule has 0 aliphatic carbocycles. The van der Waals surface area contributed by atoms with Crippen molar-refractivity contribution < 1.29 is 14.3 Å². The summed E-state index contributed by atoms with van der Waals surface area (Å²) in [4.78, 5) is 12.3. The number of nitrogens with zero attached hydrogens (tertiary/aromatic N) is 2. The molecule has 2 aromatic carbocycles. The molecule has 1 amide bonds. The van der Waals surface area contributed by atoms with Gasteiger partial charge in [0.05, 0.1) is 5.92 Å². The summed E-state index contributed by atoms with van der Waals surface area (Å²) in [6, 6.07) is 16.7. The Balaban J connectivity index is 1.59. The summed E-state index contributed by atoms with van der Waals surface area (Å²) in [6.07, 6.45) is 0. The van der Waals surface area contributed by atoms with Crippen molar-refractivity contribution in [3.05, 3.63) is 87.4 Å². The first-order valence-electron chi connectivity index (χ1n) is 9.83. The summed E-state index contributed by atoms with van der Waals surface area (Å²) in [6.45, 7) is 2.01. The zero-order valence-electron chi connectivity index (χ0n) is 17.2. The second-order valence-electron chi connectivity index (χ2n) is 7.23. The van der Waals surface area contributed by atoms with Gasteiger partial charge in [-0.05, 0) is 30.7 Å². The summed E-state index contributed by atoms with van der Waals surface area (Å²) in [7, 11) is 0. The molecule has 2 heterocycles. The first-order chi connectivity index (χ1) is 15.5. The molecule has 0 radical (unpaired) electrons. The number of carbonyl (C=O) groups excluding carboxylic acids is 1. The number of hydrogen-bond acceptors (Lipinski definition) is 6. The van der Waals surface area contributed by atoms with Gasteiger partial charge in [-0.25, -0.2) is 0 Å². The Hall–Kier alpha value is -3.96. The zero-order valence-corrected chi connectivity index (χ0v) is 17.9. The Morgan fingerprint density at radius 1 is 1.34 bits per heavy atom. The van der Waals surface area contributed by atoms with Gasteiger partial charge >= 0.3 is 0 Å². The van der Waals surface area contributed by atoms with Gasteiger partial charge in [-0.2, -0.15) is 5.26 Å². The van der Waals surface area contributed by atoms with Gasteiger partial charge in [0, 0.05) is 28.4 Å². The van der Waals surface area contributed by atoms with Crippen molar-refractivity contribution in [1.29, 1.82) is 5.26 Å². The van der Waals surface area contributed by atoms with E-state index < -0.39 is 5.92 Å². The molecule has 1 aliphatic rings. The Bertz CT molecular complexity index is 1230. The van der Waals surface area contributed by atoms with E-state index in [1.165, 1.54) is 0 Å². The van der Waals surface area contributed by atoms with Crippen LogP contribution < -0.4 is 20.5 Å². The molecule has 1 aromatic heterocycles. The van der Waals surface area contributed by atoms with Gasteiger partial charge in [-0.1, -0.05) is 41.9 Å². The lowest BCUT2D eigenvalue weighted by molar-refractivity contribution is -0.123. The van der Waals surface area contributed by atoms with E-state index in [9.17, 15) is 10.1 Å². The standard InChI is InChI=1S/C23H20ClN5O3/c1-13-20-21(17(10-25)22(26)32-23(20)29-28-13)16-9-15(24)7-8-18(16)31-12-19(30)27-11-14-5-3-2-4-6-14/h2-9,21H,11-12,26H2,1H3,(H,27,30)(H,28,29). The molecule has 9 heteroatoms. The number of hydrogen-bond donors (Lipinski definition) is 3. The van der Waals surface area contributed by atoms with Crippen molar-refractivity contribution in [2.45, 2.75) is 19.4 Å². The number of nitrogens with one attached hydrogen (secondary N) is 2. The topological polar surface area (TPSA) is 126 Å². The number of carbonyl (C=O) groups is 1. The molecule has 4 N–H and O–H groups in total. The lowest BCUT2D eigenvalue weighted by Crippen LogP contribution is -2.28. The lowest BCUT2D eigenvalue weighted by Gasteiger charge is -2.25. The van der Waals surface area contributed by atoms with Gasteiger partial charge < -0.3 is 20.5 Å². The number of ether oxygens (including phenoxy) is 2. The van der Waals surface area contributed by atoms with E-state index in [4.69, 9.17) is 26.8 Å². The van der Waals surface area contributed by atoms with Crippen molar-refractivity contribution in [2.75, 3.05) is 6.61 Å². The molecule has 4 rings (SSSR count). The molecule has 1 atom stereocenters. The van der Waals surface area contributed by atoms with Crippen LogP contribution in [0.2, 0.25) is 5.02 Å². The Morgan fingerprint density at radius 3 is 2.88 bits per heavy atom. The average molecular weight is 450 g/mol. The number of aromatic nitrogens is 2. The Labute approximate surface area is 189 Å². The first-order valence-corrected chi connectivity index (χ1v) is 10.2. The number of nitriles is 1. The van der Waals surface area contributed by atoms with E-state index in [-0.39, 0.29) is 29.9 Å². The molecule has 32 heavy (non-hydrogen) atoms. The molecular weight excluding hydrogens is 430 g/mol. The average Bonchev–Trinajstić information content (AvgIpc) is 3.16. The van der Waals surface area contributed by atoms with Crippen LogP contribution in [0.5, 0.6) is 11.6 Å². The highest BCUT2D eigenvalue weighted by Crippen LogP contribution is 2.45. The van der Waals surface area contributed by atoms with Crippen LogP contribution in [0, 0.1) is 18.3 Å². The number of allylic oxidation sites excluding steroid dienone is 1. The molecular formula is C23H20ClN5O3. The van der Waals surface area contributed by atoms with E-state index in [2.05, 4.69) is 21.6 Å². The summed E-state index contributed by atoms with van der Waals surface area (Å²) in [5, 5.41) is 20.0. The fourth-order valence-corrected chi connectivity index (χ4v) is 3.76. The van der Waals surface area contributed by atoms with Gasteiger partial charge in [-0.15, -0.1) is 5.10 Å². The number of benzene rings is 2. The minimum absolute atomic E-state index is 0.0389. The fraction of sp³-hybridized carbons (Fsp3) is 0.174. The van der Waals surface area contributed by atoms with Crippen molar-refractivity contribution in [1.82, 2.24) is 15.5 Å². The number of halogens is 1. The van der Waals surface area contributed by atoms with Gasteiger partial charge in [0.25, 0.3) is 5.91 Å². The quantitative estimate of drug-likeness (QED) is 0.530. The third-order valence-electron chi connectivity index (χ3n) is 5.10. The van der Waals surface area contributed by atoms with Crippen molar-refractivity contribution >= 4 is 17.5 Å². The van der Waals surface area contributed by atoms with Gasteiger partial charge in [0.15, 0.2) is 6.61 Å². The van der Waals surface area contributed by atoms with E-state index in [0.29, 0.717) is 28.4 Å². The van der Waals surface area contributed by atoms with Crippen molar-refractivity contribution in [3.8, 4) is 17.7 Å². The third kappa shape index (κ3) is 4.24. The zero-order chi connectivity index (χ0) is 22.7. The summed E-state index contributed by atoms with van der Waals surface area (Å²) >= 11 is 6.26. The molecule has 0 spiro atoms. The maximum atomic E-state index is 12.3. The number of H-pyrrole nitrogens is 1. The normalized spacial score (nSPS) is 14.8. The number of nitrogens with two attached hydrogens (primary N) is 1. The SMILES string of the molecule is Cc1[nH]nc2c1C(c1cc(Cl)ccc1OCC(=O)NCc1ccccc1)C(C#N)=C(N)O2. The molecule has 162 valence electrons. The minimum Gasteiger partial charge on any atom is -0.483 e. The van der Waals surface area contributed by atoms with Crippen LogP contribution in [0.1, 0.15) is 28.3 Å². The molecule has 8 nitrogen and oxygen atoms in total. The van der Waals surface area contributed by atoms with Crippen LogP contribution in [-0.4, -0.2) is 22.7 Å². The van der Waals surface area contributed by atoms with Gasteiger partial charge in [0.2, 0.25) is 11.8 Å². The first kappa shape index (κ1) is 21.3. The molecule has 1 unspecified atom stereocenters. The molecule has 0 saturated heterocycles. The monoisotopic (exact) mass is 449 g/mol. The predicted molar refractivity (Wildman–Crippen MR) is 118 cm³/mol. The van der Waals surface area contributed by atoms with Crippen molar-refractivity contribution in [2.24, 2.45) is 5.73 Å². The highest BCUT2D eigenvalue weighted by atomic mass is 35.5. The number of amides is 1. The maximum Gasteiger partial charge on any atom is 0.258 e. The molecule has 0 saturated carbocycles. The molecule has 0 fully saturated rings. The molecule has 1 aliphatic heterocycles. The summed E-state index contributed by atoms with van der Waals surface area (Å²) < 4.78 is 11.3. The highest BCUT2D eigenvalue weighted by molar-refractivity contribution is 6.30. The number of fused-ring (bicyclic) bond motifs is 1. The Morgan fingerprint density at radius 2 is 2.12 bits per heavy atom. The van der Waals surface area contributed by atoms with Crippen LogP contribution in [0.3, 0.4) is 0 Å². The maximum absolute atomic E-state index is 12.3. The molecule has 0 bridgehead atoms. The largest absolute Gasteiger partial charge is 0.483 e. The smallest absolute Gasteiger partial charge is 0.258 e. The predicted octanol–water partition coefficient (Wildman–Crippen LogP) is 3.28.